The van der Waals surface area contributed by atoms with E-state index >= 15 is 0 Å². The van der Waals surface area contributed by atoms with Crippen LogP contribution in [0.3, 0.4) is 0 Å². The van der Waals surface area contributed by atoms with Crippen LogP contribution in [-0.2, 0) is 13.1 Å². The summed E-state index contributed by atoms with van der Waals surface area (Å²) in [5.41, 5.74) is 4.28. The van der Waals surface area contributed by atoms with Crippen molar-refractivity contribution in [2.45, 2.75) is 26.9 Å². The fraction of sp³-hybridized carbons (Fsp3) is 0.333. The van der Waals surface area contributed by atoms with Gasteiger partial charge in [0.1, 0.15) is 5.82 Å². The molecule has 0 unspecified atom stereocenters. The first-order chi connectivity index (χ1) is 15.3. The van der Waals surface area contributed by atoms with Crippen LogP contribution in [0.5, 0.6) is 0 Å². The molecule has 2 heterocycles. The Kier molecular flexibility index (Phi) is 6.84. The zero-order valence-electron chi connectivity index (χ0n) is 18.1. The van der Waals surface area contributed by atoms with Crippen molar-refractivity contribution in [2.75, 3.05) is 26.2 Å². The fourth-order valence-corrected chi connectivity index (χ4v) is 4.35. The molecule has 1 fully saturated rings. The van der Waals surface area contributed by atoms with Gasteiger partial charge in [0.25, 0.3) is 5.91 Å². The van der Waals surface area contributed by atoms with E-state index in [1.165, 1.54) is 12.1 Å². The number of halogens is 3. The molecule has 2 aromatic carbocycles. The Morgan fingerprint density at radius 1 is 1.03 bits per heavy atom. The second-order valence-corrected chi connectivity index (χ2v) is 8.93. The molecule has 8 heteroatoms. The lowest BCUT2D eigenvalue weighted by molar-refractivity contribution is 0.0628. The minimum atomic E-state index is -0.336. The topological polar surface area (TPSA) is 41.4 Å². The van der Waals surface area contributed by atoms with E-state index in [0.717, 1.165) is 35.6 Å². The average Bonchev–Trinajstić information content (AvgIpc) is 3.02. The molecule has 5 nitrogen and oxygen atoms in total. The summed E-state index contributed by atoms with van der Waals surface area (Å²) in [5, 5.41) is 5.59. The van der Waals surface area contributed by atoms with Gasteiger partial charge >= 0.3 is 0 Å². The van der Waals surface area contributed by atoms with Crippen molar-refractivity contribution in [1.29, 1.82) is 0 Å². The molecule has 1 saturated heterocycles. The number of amides is 1. The Morgan fingerprint density at radius 2 is 1.78 bits per heavy atom. The highest BCUT2D eigenvalue weighted by Crippen LogP contribution is 2.22. The predicted molar refractivity (Wildman–Crippen MR) is 125 cm³/mol. The first-order valence-electron chi connectivity index (χ1n) is 10.6. The third kappa shape index (κ3) is 4.98. The second kappa shape index (κ2) is 9.61. The number of aromatic nitrogens is 2. The van der Waals surface area contributed by atoms with E-state index in [2.05, 4.69) is 10.00 Å². The standard InChI is InChI=1S/C24H25Cl2FN4O/c1-16-23(26)17(2)31(28-16)14-18-4-3-5-19(12-18)24(32)30-10-8-29(9-11-30)15-20-6-7-21(27)13-22(20)25/h3-7,12-13H,8-11,14-15H2,1-2H3. The van der Waals surface area contributed by atoms with Crippen molar-refractivity contribution in [3.8, 4) is 0 Å². The van der Waals surface area contributed by atoms with Crippen molar-refractivity contribution in [2.24, 2.45) is 0 Å². The average molecular weight is 475 g/mol. The molecule has 0 atom stereocenters. The first-order valence-corrected chi connectivity index (χ1v) is 11.3. The van der Waals surface area contributed by atoms with Gasteiger partial charge in [0.15, 0.2) is 0 Å². The van der Waals surface area contributed by atoms with Gasteiger partial charge < -0.3 is 4.90 Å². The van der Waals surface area contributed by atoms with E-state index in [0.29, 0.717) is 41.8 Å². The Balaban J connectivity index is 1.38. The Bertz CT molecular complexity index is 1140. The normalized spacial score (nSPS) is 14.7. The van der Waals surface area contributed by atoms with Gasteiger partial charge in [0.2, 0.25) is 0 Å². The molecule has 0 bridgehead atoms. The van der Waals surface area contributed by atoms with E-state index in [4.69, 9.17) is 23.2 Å². The number of carbonyl (C=O) groups is 1. The molecule has 1 aliphatic rings. The van der Waals surface area contributed by atoms with Crippen LogP contribution in [-0.4, -0.2) is 51.7 Å². The minimum Gasteiger partial charge on any atom is -0.336 e. The summed E-state index contributed by atoms with van der Waals surface area (Å²) in [7, 11) is 0. The van der Waals surface area contributed by atoms with Gasteiger partial charge in [-0.05, 0) is 49.2 Å². The minimum absolute atomic E-state index is 0.0257. The molecule has 1 amide bonds. The summed E-state index contributed by atoms with van der Waals surface area (Å²) in [5.74, 6) is -0.310. The van der Waals surface area contributed by atoms with Crippen LogP contribution in [0, 0.1) is 19.7 Å². The van der Waals surface area contributed by atoms with Crippen LogP contribution in [0.15, 0.2) is 42.5 Å². The van der Waals surface area contributed by atoms with Gasteiger partial charge in [-0.3, -0.25) is 14.4 Å². The van der Waals surface area contributed by atoms with Crippen molar-refractivity contribution < 1.29 is 9.18 Å². The maximum atomic E-state index is 13.3. The zero-order chi connectivity index (χ0) is 22.8. The maximum absolute atomic E-state index is 13.3. The highest BCUT2D eigenvalue weighted by molar-refractivity contribution is 6.32. The molecule has 0 spiro atoms. The van der Waals surface area contributed by atoms with Crippen molar-refractivity contribution in [3.05, 3.63) is 86.4 Å². The Hall–Kier alpha value is -2.41. The van der Waals surface area contributed by atoms with E-state index in [-0.39, 0.29) is 11.7 Å². The van der Waals surface area contributed by atoms with Crippen molar-refractivity contribution >= 4 is 29.1 Å². The monoisotopic (exact) mass is 474 g/mol. The fourth-order valence-electron chi connectivity index (χ4n) is 3.99. The molecule has 168 valence electrons. The molecule has 0 saturated carbocycles. The lowest BCUT2D eigenvalue weighted by Gasteiger charge is -2.35. The molecule has 4 rings (SSSR count). The smallest absolute Gasteiger partial charge is 0.253 e. The Morgan fingerprint density at radius 3 is 2.44 bits per heavy atom. The molecule has 3 aromatic rings. The summed E-state index contributed by atoms with van der Waals surface area (Å²) < 4.78 is 15.1. The van der Waals surface area contributed by atoms with Crippen LogP contribution in [0.1, 0.15) is 32.9 Å². The zero-order valence-corrected chi connectivity index (χ0v) is 19.6. The van der Waals surface area contributed by atoms with Gasteiger partial charge in [-0.15, -0.1) is 0 Å². The van der Waals surface area contributed by atoms with Gasteiger partial charge in [-0.1, -0.05) is 41.4 Å². The predicted octanol–water partition coefficient (Wildman–Crippen LogP) is 4.95. The number of carbonyl (C=O) groups excluding carboxylic acids is 1. The quantitative estimate of drug-likeness (QED) is 0.525. The number of hydrogen-bond acceptors (Lipinski definition) is 3. The molecular formula is C24H25Cl2FN4O. The number of benzene rings is 2. The largest absolute Gasteiger partial charge is 0.336 e. The summed E-state index contributed by atoms with van der Waals surface area (Å²) in [6.45, 7) is 7.77. The summed E-state index contributed by atoms with van der Waals surface area (Å²) >= 11 is 12.4. The van der Waals surface area contributed by atoms with Gasteiger partial charge in [-0.25, -0.2) is 4.39 Å². The molecule has 1 aromatic heterocycles. The second-order valence-electron chi connectivity index (χ2n) is 8.15. The van der Waals surface area contributed by atoms with Crippen LogP contribution in [0.4, 0.5) is 4.39 Å². The van der Waals surface area contributed by atoms with Gasteiger partial charge in [0, 0.05) is 43.3 Å². The van der Waals surface area contributed by atoms with Crippen molar-refractivity contribution in [3.63, 3.8) is 0 Å². The molecule has 1 aliphatic heterocycles. The molecule has 0 radical (unpaired) electrons. The van der Waals surface area contributed by atoms with Gasteiger partial charge in [-0.2, -0.15) is 5.10 Å². The number of rotatable bonds is 5. The molecule has 0 aliphatic carbocycles. The molecular weight excluding hydrogens is 450 g/mol. The van der Waals surface area contributed by atoms with E-state index in [1.807, 2.05) is 47.7 Å². The number of nitrogens with zero attached hydrogens (tertiary/aromatic N) is 4. The van der Waals surface area contributed by atoms with Crippen LogP contribution in [0.2, 0.25) is 10.0 Å². The summed E-state index contributed by atoms with van der Waals surface area (Å²) in [4.78, 5) is 17.2. The lowest BCUT2D eigenvalue weighted by Crippen LogP contribution is -2.48. The lowest BCUT2D eigenvalue weighted by atomic mass is 10.1. The van der Waals surface area contributed by atoms with E-state index in [9.17, 15) is 9.18 Å². The van der Waals surface area contributed by atoms with E-state index in [1.54, 1.807) is 6.07 Å². The van der Waals surface area contributed by atoms with Crippen LogP contribution in [0.25, 0.3) is 0 Å². The summed E-state index contributed by atoms with van der Waals surface area (Å²) in [6.07, 6.45) is 0. The van der Waals surface area contributed by atoms with Crippen molar-refractivity contribution in [1.82, 2.24) is 19.6 Å². The third-order valence-corrected chi connectivity index (χ3v) is 6.77. The SMILES string of the molecule is Cc1nn(Cc2cccc(C(=O)N3CCN(Cc4ccc(F)cc4Cl)CC3)c2)c(C)c1Cl. The third-order valence-electron chi connectivity index (χ3n) is 5.87. The van der Waals surface area contributed by atoms with E-state index < -0.39 is 0 Å². The van der Waals surface area contributed by atoms with Gasteiger partial charge in [0.05, 0.1) is 23.0 Å². The van der Waals surface area contributed by atoms with Crippen LogP contribution >= 0.6 is 23.2 Å². The number of piperazine rings is 1. The maximum Gasteiger partial charge on any atom is 0.253 e. The highest BCUT2D eigenvalue weighted by atomic mass is 35.5. The number of hydrogen-bond donors (Lipinski definition) is 0. The first kappa shape index (κ1) is 22.8. The van der Waals surface area contributed by atoms with Crippen LogP contribution < -0.4 is 0 Å². The molecule has 32 heavy (non-hydrogen) atoms. The highest BCUT2D eigenvalue weighted by Gasteiger charge is 2.23. The molecule has 0 N–H and O–H groups in total. The Labute approximate surface area is 197 Å². The number of aryl methyl sites for hydroxylation is 1. The summed E-state index contributed by atoms with van der Waals surface area (Å²) in [6, 6.07) is 12.2.